The summed E-state index contributed by atoms with van der Waals surface area (Å²) in [5, 5.41) is 0. The number of nitrogens with zero attached hydrogens (tertiary/aromatic N) is 1. The van der Waals surface area contributed by atoms with Gasteiger partial charge in [0.05, 0.1) is 25.5 Å². The fraction of sp³-hybridized carbons (Fsp3) is 0.600. The highest BCUT2D eigenvalue weighted by Crippen LogP contribution is 2.12. The lowest BCUT2D eigenvalue weighted by atomic mass is 10.2. The first kappa shape index (κ1) is 9.71. The van der Waals surface area contributed by atoms with Gasteiger partial charge in [-0.05, 0) is 12.1 Å². The number of rotatable bonds is 3. The Labute approximate surface area is 83.6 Å². The zero-order valence-electron chi connectivity index (χ0n) is 8.19. The van der Waals surface area contributed by atoms with Crippen LogP contribution in [0, 0.1) is 0 Å². The second-order valence-corrected chi connectivity index (χ2v) is 3.53. The number of ether oxygens (including phenoxy) is 1. The molecule has 4 nitrogen and oxygen atoms in total. The first-order chi connectivity index (χ1) is 6.86. The molecule has 0 amide bonds. The Morgan fingerprint density at radius 3 is 2.86 bits per heavy atom. The van der Waals surface area contributed by atoms with Crippen LogP contribution in [0.1, 0.15) is 11.8 Å². The second-order valence-electron chi connectivity index (χ2n) is 3.53. The van der Waals surface area contributed by atoms with Gasteiger partial charge >= 0.3 is 0 Å². The maximum absolute atomic E-state index is 5.99. The van der Waals surface area contributed by atoms with Gasteiger partial charge in [-0.3, -0.25) is 4.90 Å². The molecule has 1 saturated heterocycles. The molecule has 2 heterocycles. The molecule has 4 heteroatoms. The van der Waals surface area contributed by atoms with Crippen LogP contribution in [0.5, 0.6) is 0 Å². The van der Waals surface area contributed by atoms with Crippen molar-refractivity contribution in [2.75, 3.05) is 32.8 Å². The van der Waals surface area contributed by atoms with Crippen LogP contribution < -0.4 is 5.73 Å². The largest absolute Gasteiger partial charge is 0.468 e. The molecule has 0 bridgehead atoms. The van der Waals surface area contributed by atoms with E-state index in [1.54, 1.807) is 6.26 Å². The summed E-state index contributed by atoms with van der Waals surface area (Å²) in [5.41, 5.74) is 5.99. The van der Waals surface area contributed by atoms with Crippen LogP contribution in [0.15, 0.2) is 22.8 Å². The topological polar surface area (TPSA) is 51.6 Å². The molecule has 1 aliphatic rings. The maximum Gasteiger partial charge on any atom is 0.121 e. The normalized spacial score (nSPS) is 20.9. The van der Waals surface area contributed by atoms with E-state index in [2.05, 4.69) is 4.90 Å². The molecule has 0 radical (unpaired) electrons. The van der Waals surface area contributed by atoms with Crippen molar-refractivity contribution in [2.45, 2.75) is 6.04 Å². The molecular formula is C10H16N2O2. The Hall–Kier alpha value is -0.840. The van der Waals surface area contributed by atoms with Crippen molar-refractivity contribution in [1.82, 2.24) is 4.90 Å². The Kier molecular flexibility index (Phi) is 3.18. The number of hydrogen-bond acceptors (Lipinski definition) is 4. The van der Waals surface area contributed by atoms with E-state index in [9.17, 15) is 0 Å². The molecule has 78 valence electrons. The van der Waals surface area contributed by atoms with Gasteiger partial charge in [0.2, 0.25) is 0 Å². The minimum atomic E-state index is -0.0249. The Morgan fingerprint density at radius 2 is 2.21 bits per heavy atom. The van der Waals surface area contributed by atoms with E-state index in [1.165, 1.54) is 0 Å². The summed E-state index contributed by atoms with van der Waals surface area (Å²) >= 11 is 0. The van der Waals surface area contributed by atoms with Crippen LogP contribution in [0.4, 0.5) is 0 Å². The maximum atomic E-state index is 5.99. The van der Waals surface area contributed by atoms with Crippen LogP contribution in [0.3, 0.4) is 0 Å². The molecule has 1 aromatic rings. The third kappa shape index (κ3) is 2.35. The van der Waals surface area contributed by atoms with E-state index in [4.69, 9.17) is 14.9 Å². The Morgan fingerprint density at radius 1 is 1.43 bits per heavy atom. The van der Waals surface area contributed by atoms with Crippen LogP contribution in [0.25, 0.3) is 0 Å². The average molecular weight is 196 g/mol. The van der Waals surface area contributed by atoms with Crippen molar-refractivity contribution in [2.24, 2.45) is 5.73 Å². The van der Waals surface area contributed by atoms with E-state index in [0.29, 0.717) is 0 Å². The van der Waals surface area contributed by atoms with Crippen molar-refractivity contribution in [3.8, 4) is 0 Å². The molecule has 2 rings (SSSR count). The fourth-order valence-electron chi connectivity index (χ4n) is 1.65. The van der Waals surface area contributed by atoms with Gasteiger partial charge in [0, 0.05) is 19.6 Å². The first-order valence-corrected chi connectivity index (χ1v) is 4.95. The smallest absolute Gasteiger partial charge is 0.121 e. The minimum absolute atomic E-state index is 0.0249. The second kappa shape index (κ2) is 4.59. The number of nitrogens with two attached hydrogens (primary N) is 1. The van der Waals surface area contributed by atoms with Gasteiger partial charge < -0.3 is 14.9 Å². The van der Waals surface area contributed by atoms with E-state index in [1.807, 2.05) is 12.1 Å². The SMILES string of the molecule is NC(CN1CCOCC1)c1ccco1. The number of furan rings is 1. The van der Waals surface area contributed by atoms with Crippen LogP contribution >= 0.6 is 0 Å². The van der Waals surface area contributed by atoms with Crippen molar-refractivity contribution >= 4 is 0 Å². The number of hydrogen-bond donors (Lipinski definition) is 1. The predicted molar refractivity (Wildman–Crippen MR) is 52.9 cm³/mol. The van der Waals surface area contributed by atoms with Crippen LogP contribution in [-0.2, 0) is 4.74 Å². The van der Waals surface area contributed by atoms with Crippen molar-refractivity contribution in [3.63, 3.8) is 0 Å². The van der Waals surface area contributed by atoms with E-state index >= 15 is 0 Å². The Bertz CT molecular complexity index is 255. The van der Waals surface area contributed by atoms with Gasteiger partial charge in [0.25, 0.3) is 0 Å². The lowest BCUT2D eigenvalue weighted by molar-refractivity contribution is 0.0343. The van der Waals surface area contributed by atoms with Crippen molar-refractivity contribution < 1.29 is 9.15 Å². The summed E-state index contributed by atoms with van der Waals surface area (Å²) in [6.45, 7) is 4.40. The third-order valence-corrected chi connectivity index (χ3v) is 2.47. The molecule has 1 fully saturated rings. The summed E-state index contributed by atoms with van der Waals surface area (Å²) in [5.74, 6) is 0.858. The van der Waals surface area contributed by atoms with E-state index in [-0.39, 0.29) is 6.04 Å². The highest BCUT2D eigenvalue weighted by molar-refractivity contribution is 5.04. The van der Waals surface area contributed by atoms with E-state index in [0.717, 1.165) is 38.6 Å². The standard InChI is InChI=1S/C10H16N2O2/c11-9(10-2-1-5-14-10)8-12-3-6-13-7-4-12/h1-2,5,9H,3-4,6-8,11H2. The quantitative estimate of drug-likeness (QED) is 0.769. The first-order valence-electron chi connectivity index (χ1n) is 4.95. The van der Waals surface area contributed by atoms with Gasteiger partial charge in [0.15, 0.2) is 0 Å². The average Bonchev–Trinajstić information content (AvgIpc) is 2.72. The zero-order chi connectivity index (χ0) is 9.80. The van der Waals surface area contributed by atoms with Gasteiger partial charge in [-0.2, -0.15) is 0 Å². The van der Waals surface area contributed by atoms with Crippen molar-refractivity contribution in [1.29, 1.82) is 0 Å². The lowest BCUT2D eigenvalue weighted by Gasteiger charge is -2.28. The predicted octanol–water partition coefficient (Wildman–Crippen LogP) is 0.612. The highest BCUT2D eigenvalue weighted by atomic mass is 16.5. The van der Waals surface area contributed by atoms with Gasteiger partial charge in [-0.25, -0.2) is 0 Å². The van der Waals surface area contributed by atoms with Crippen molar-refractivity contribution in [3.05, 3.63) is 24.2 Å². The van der Waals surface area contributed by atoms with Gasteiger partial charge in [0.1, 0.15) is 5.76 Å². The summed E-state index contributed by atoms with van der Waals surface area (Å²) in [6.07, 6.45) is 1.66. The molecule has 2 N–H and O–H groups in total. The zero-order valence-corrected chi connectivity index (χ0v) is 8.19. The molecule has 0 aromatic carbocycles. The van der Waals surface area contributed by atoms with Gasteiger partial charge in [-0.15, -0.1) is 0 Å². The monoisotopic (exact) mass is 196 g/mol. The third-order valence-electron chi connectivity index (χ3n) is 2.47. The van der Waals surface area contributed by atoms with Gasteiger partial charge in [-0.1, -0.05) is 0 Å². The fourth-order valence-corrected chi connectivity index (χ4v) is 1.65. The summed E-state index contributed by atoms with van der Waals surface area (Å²) < 4.78 is 10.5. The number of morpholine rings is 1. The highest BCUT2D eigenvalue weighted by Gasteiger charge is 2.16. The molecule has 1 unspecified atom stereocenters. The molecule has 1 atom stereocenters. The molecule has 14 heavy (non-hydrogen) atoms. The molecule has 1 aromatic heterocycles. The van der Waals surface area contributed by atoms with Crippen LogP contribution in [-0.4, -0.2) is 37.7 Å². The minimum Gasteiger partial charge on any atom is -0.468 e. The van der Waals surface area contributed by atoms with E-state index < -0.39 is 0 Å². The molecule has 1 aliphatic heterocycles. The van der Waals surface area contributed by atoms with Crippen LogP contribution in [0.2, 0.25) is 0 Å². The summed E-state index contributed by atoms with van der Waals surface area (Å²) in [4.78, 5) is 2.30. The lowest BCUT2D eigenvalue weighted by Crippen LogP contribution is -2.40. The molecular weight excluding hydrogens is 180 g/mol. The molecule has 0 spiro atoms. The summed E-state index contributed by atoms with van der Waals surface area (Å²) in [6, 6.07) is 3.77. The molecule has 0 aliphatic carbocycles. The Balaban J connectivity index is 1.84. The summed E-state index contributed by atoms with van der Waals surface area (Å²) in [7, 11) is 0. The molecule has 0 saturated carbocycles.